The van der Waals surface area contributed by atoms with E-state index in [4.69, 9.17) is 0 Å². The zero-order chi connectivity index (χ0) is 19.3. The molecular formula is C14H13F9O. The first kappa shape index (κ1) is 20.6. The van der Waals surface area contributed by atoms with E-state index >= 15 is 0 Å². The Labute approximate surface area is 131 Å². The fraction of sp³-hybridized carbons (Fsp3) is 0.571. The molecule has 0 fully saturated rings. The van der Waals surface area contributed by atoms with Crippen LogP contribution in [-0.4, -0.2) is 5.11 Å². The number of rotatable bonds is 1. The third-order valence-electron chi connectivity index (χ3n) is 3.21. The van der Waals surface area contributed by atoms with E-state index in [1.54, 1.807) is 0 Å². The van der Waals surface area contributed by atoms with Crippen molar-refractivity contribution in [2.45, 2.75) is 45.4 Å². The number of hydrogen-bond donors (Lipinski definition) is 1. The van der Waals surface area contributed by atoms with E-state index in [1.165, 1.54) is 0 Å². The Morgan fingerprint density at radius 2 is 1.04 bits per heavy atom. The van der Waals surface area contributed by atoms with Crippen LogP contribution >= 0.6 is 0 Å². The monoisotopic (exact) mass is 368 g/mol. The molecule has 0 heterocycles. The lowest BCUT2D eigenvalue weighted by molar-refractivity contribution is -0.151. The summed E-state index contributed by atoms with van der Waals surface area (Å²) < 4.78 is 117. The van der Waals surface area contributed by atoms with Gasteiger partial charge in [-0.15, -0.1) is 0 Å². The minimum Gasteiger partial charge on any atom is -0.388 e. The van der Waals surface area contributed by atoms with Gasteiger partial charge in [0.1, 0.15) is 0 Å². The van der Waals surface area contributed by atoms with Gasteiger partial charge in [0.05, 0.1) is 22.8 Å². The molecule has 1 atom stereocenters. The van der Waals surface area contributed by atoms with E-state index in [9.17, 15) is 44.6 Å². The quantitative estimate of drug-likeness (QED) is 0.619. The molecule has 1 rings (SSSR count). The largest absolute Gasteiger partial charge is 0.416 e. The maximum absolute atomic E-state index is 13.1. The number of benzene rings is 1. The fourth-order valence-corrected chi connectivity index (χ4v) is 2.01. The van der Waals surface area contributed by atoms with Crippen LogP contribution < -0.4 is 0 Å². The van der Waals surface area contributed by atoms with Crippen LogP contribution in [-0.2, 0) is 18.5 Å². The van der Waals surface area contributed by atoms with Crippen molar-refractivity contribution in [1.82, 2.24) is 0 Å². The molecule has 0 radical (unpaired) electrons. The first-order chi connectivity index (χ1) is 10.4. The topological polar surface area (TPSA) is 20.2 Å². The summed E-state index contributed by atoms with van der Waals surface area (Å²) in [5.41, 5.74) is -9.50. The summed E-state index contributed by atoms with van der Waals surface area (Å²) in [7, 11) is 0. The second kappa shape index (κ2) is 5.82. The van der Waals surface area contributed by atoms with Crippen molar-refractivity contribution in [2.75, 3.05) is 0 Å². The second-order valence-corrected chi connectivity index (χ2v) is 6.25. The first-order valence-corrected chi connectivity index (χ1v) is 6.44. The number of aliphatic hydroxyl groups is 1. The highest BCUT2D eigenvalue weighted by molar-refractivity contribution is 5.45. The normalized spacial score (nSPS) is 15.5. The molecule has 0 bridgehead atoms. The molecule has 10 heteroatoms. The predicted molar refractivity (Wildman–Crippen MR) is 65.9 cm³/mol. The van der Waals surface area contributed by atoms with Crippen LogP contribution in [0, 0.1) is 5.41 Å². The van der Waals surface area contributed by atoms with Crippen LogP contribution in [0.4, 0.5) is 39.5 Å². The minimum absolute atomic E-state index is 0.417. The van der Waals surface area contributed by atoms with E-state index in [0.717, 1.165) is 20.8 Å². The Hall–Kier alpha value is -1.45. The third-order valence-corrected chi connectivity index (χ3v) is 3.21. The van der Waals surface area contributed by atoms with Gasteiger partial charge in [-0.05, 0) is 17.5 Å². The van der Waals surface area contributed by atoms with Crippen molar-refractivity contribution in [3.8, 4) is 0 Å². The lowest BCUT2D eigenvalue weighted by Gasteiger charge is -2.31. The van der Waals surface area contributed by atoms with Crippen LogP contribution in [0.3, 0.4) is 0 Å². The zero-order valence-electron chi connectivity index (χ0n) is 12.6. The third kappa shape index (κ3) is 4.34. The van der Waals surface area contributed by atoms with Gasteiger partial charge in [0, 0.05) is 5.56 Å². The zero-order valence-corrected chi connectivity index (χ0v) is 12.6. The van der Waals surface area contributed by atoms with Gasteiger partial charge in [0.2, 0.25) is 0 Å². The van der Waals surface area contributed by atoms with E-state index in [1.807, 2.05) is 0 Å². The summed E-state index contributed by atoms with van der Waals surface area (Å²) in [6.45, 7) is 3.49. The summed E-state index contributed by atoms with van der Waals surface area (Å²) in [4.78, 5) is 0. The standard InChI is InChI=1S/C14H13F9O/c1-11(2,3)10(24)9-7(13(18,19)20)4-6(12(15,16)17)5-8(9)14(21,22)23/h4-5,10,24H,1-3H3. The molecule has 138 valence electrons. The van der Waals surface area contributed by atoms with E-state index < -0.39 is 64.4 Å². The SMILES string of the molecule is CC(C)(C)C(O)c1c(C(F)(F)F)cc(C(F)(F)F)cc1C(F)(F)F. The van der Waals surface area contributed by atoms with Crippen LogP contribution in [0.1, 0.15) is 49.1 Å². The van der Waals surface area contributed by atoms with Gasteiger partial charge in [0.15, 0.2) is 0 Å². The molecular weight excluding hydrogens is 355 g/mol. The van der Waals surface area contributed by atoms with Gasteiger partial charge in [-0.2, -0.15) is 39.5 Å². The van der Waals surface area contributed by atoms with Crippen LogP contribution in [0.25, 0.3) is 0 Å². The highest BCUT2D eigenvalue weighted by Crippen LogP contribution is 2.48. The molecule has 1 aromatic carbocycles. The van der Waals surface area contributed by atoms with E-state index in [2.05, 4.69) is 0 Å². The fourth-order valence-electron chi connectivity index (χ4n) is 2.01. The smallest absolute Gasteiger partial charge is 0.388 e. The van der Waals surface area contributed by atoms with Crippen LogP contribution in [0.5, 0.6) is 0 Å². The van der Waals surface area contributed by atoms with Gasteiger partial charge < -0.3 is 5.11 Å². The van der Waals surface area contributed by atoms with Gasteiger partial charge in [0.25, 0.3) is 0 Å². The van der Waals surface area contributed by atoms with Crippen molar-refractivity contribution < 1.29 is 44.6 Å². The second-order valence-electron chi connectivity index (χ2n) is 6.25. The van der Waals surface area contributed by atoms with Crippen LogP contribution in [0.15, 0.2) is 12.1 Å². The summed E-state index contributed by atoms with van der Waals surface area (Å²) in [6.07, 6.45) is -18.7. The molecule has 1 nitrogen and oxygen atoms in total. The van der Waals surface area contributed by atoms with Gasteiger partial charge in [-0.1, -0.05) is 20.8 Å². The van der Waals surface area contributed by atoms with Crippen molar-refractivity contribution in [3.63, 3.8) is 0 Å². The van der Waals surface area contributed by atoms with Crippen molar-refractivity contribution >= 4 is 0 Å². The lowest BCUT2D eigenvalue weighted by atomic mass is 9.80. The Morgan fingerprint density at radius 3 is 1.25 bits per heavy atom. The van der Waals surface area contributed by atoms with Gasteiger partial charge >= 0.3 is 18.5 Å². The molecule has 0 aromatic heterocycles. The molecule has 0 saturated heterocycles. The summed E-state index contributed by atoms with van der Waals surface area (Å²) in [5.74, 6) is 0. The Morgan fingerprint density at radius 1 is 0.708 bits per heavy atom. The molecule has 0 amide bonds. The van der Waals surface area contributed by atoms with Crippen LogP contribution in [0.2, 0.25) is 0 Å². The predicted octanol–water partition coefficient (Wildman–Crippen LogP) is 5.82. The Kier molecular flexibility index (Phi) is 4.99. The van der Waals surface area contributed by atoms with Crippen molar-refractivity contribution in [1.29, 1.82) is 0 Å². The first-order valence-electron chi connectivity index (χ1n) is 6.44. The molecule has 0 aliphatic heterocycles. The average molecular weight is 368 g/mol. The van der Waals surface area contributed by atoms with E-state index in [-0.39, 0.29) is 0 Å². The van der Waals surface area contributed by atoms with Crippen molar-refractivity contribution in [3.05, 3.63) is 34.4 Å². The summed E-state index contributed by atoms with van der Waals surface area (Å²) in [6, 6.07) is -0.834. The van der Waals surface area contributed by atoms with Crippen molar-refractivity contribution in [2.24, 2.45) is 5.41 Å². The summed E-state index contributed by atoms with van der Waals surface area (Å²) in [5, 5.41) is 9.96. The average Bonchev–Trinajstić information content (AvgIpc) is 2.31. The maximum Gasteiger partial charge on any atom is 0.416 e. The van der Waals surface area contributed by atoms with E-state index in [0.29, 0.717) is 0 Å². The van der Waals surface area contributed by atoms with Gasteiger partial charge in [-0.3, -0.25) is 0 Å². The molecule has 24 heavy (non-hydrogen) atoms. The summed E-state index contributed by atoms with van der Waals surface area (Å²) >= 11 is 0. The molecule has 0 saturated carbocycles. The highest BCUT2D eigenvalue weighted by atomic mass is 19.4. The molecule has 0 aliphatic rings. The number of halogens is 9. The molecule has 1 N–H and O–H groups in total. The number of alkyl halides is 9. The highest BCUT2D eigenvalue weighted by Gasteiger charge is 2.47. The Bertz CT molecular complexity index is 568. The molecule has 0 aliphatic carbocycles. The minimum atomic E-state index is -5.51. The van der Waals surface area contributed by atoms with Gasteiger partial charge in [-0.25, -0.2) is 0 Å². The molecule has 1 aromatic rings. The number of hydrogen-bond acceptors (Lipinski definition) is 1. The Balaban J connectivity index is 3.96. The molecule has 0 spiro atoms. The number of aliphatic hydroxyl groups excluding tert-OH is 1. The maximum atomic E-state index is 13.1. The lowest BCUT2D eigenvalue weighted by Crippen LogP contribution is -2.27. The molecule has 1 unspecified atom stereocenters.